The number of benzene rings is 1. The summed E-state index contributed by atoms with van der Waals surface area (Å²) in [6.07, 6.45) is 3.67. The third kappa shape index (κ3) is 3.53. The largest absolute Gasteiger partial charge is 0.304 e. The monoisotopic (exact) mass is 352 g/mol. The molecular formula is C15H17IN2. The van der Waals surface area contributed by atoms with Gasteiger partial charge in [-0.1, -0.05) is 12.1 Å². The van der Waals surface area contributed by atoms with Crippen molar-refractivity contribution in [3.05, 3.63) is 63.5 Å². The summed E-state index contributed by atoms with van der Waals surface area (Å²) in [5, 5.41) is 3.60. The highest BCUT2D eigenvalue weighted by molar-refractivity contribution is 14.1. The van der Waals surface area contributed by atoms with Crippen molar-refractivity contribution < 1.29 is 0 Å². The average Bonchev–Trinajstić information content (AvgIpc) is 2.40. The molecule has 0 saturated carbocycles. The van der Waals surface area contributed by atoms with Crippen LogP contribution in [0.3, 0.4) is 0 Å². The van der Waals surface area contributed by atoms with E-state index in [1.54, 1.807) is 0 Å². The summed E-state index contributed by atoms with van der Waals surface area (Å²) >= 11 is 2.33. The molecule has 0 spiro atoms. The minimum Gasteiger partial charge on any atom is -0.304 e. The van der Waals surface area contributed by atoms with Gasteiger partial charge in [-0.15, -0.1) is 0 Å². The number of nitrogens with zero attached hydrogens (tertiary/aromatic N) is 1. The zero-order valence-corrected chi connectivity index (χ0v) is 12.8. The molecule has 0 bridgehead atoms. The van der Waals surface area contributed by atoms with Crippen molar-refractivity contribution in [2.24, 2.45) is 0 Å². The number of nitrogens with one attached hydrogen (secondary N) is 1. The molecule has 0 saturated heterocycles. The lowest BCUT2D eigenvalue weighted by Crippen LogP contribution is -2.22. The van der Waals surface area contributed by atoms with Crippen LogP contribution in [-0.2, 0) is 0 Å². The molecule has 2 nitrogen and oxygen atoms in total. The maximum absolute atomic E-state index is 4.05. The van der Waals surface area contributed by atoms with Crippen molar-refractivity contribution in [3.8, 4) is 0 Å². The lowest BCUT2D eigenvalue weighted by Gasteiger charge is -2.20. The van der Waals surface area contributed by atoms with Gasteiger partial charge in [0.1, 0.15) is 0 Å². The number of aromatic nitrogens is 1. The quantitative estimate of drug-likeness (QED) is 0.839. The molecule has 2 atom stereocenters. The zero-order valence-electron chi connectivity index (χ0n) is 10.6. The molecule has 1 N–H and O–H groups in total. The first kappa shape index (κ1) is 13.5. The van der Waals surface area contributed by atoms with Crippen LogP contribution in [0.1, 0.15) is 37.1 Å². The van der Waals surface area contributed by atoms with Crippen molar-refractivity contribution in [2.75, 3.05) is 0 Å². The number of hydrogen-bond donors (Lipinski definition) is 1. The Balaban J connectivity index is 2.03. The van der Waals surface area contributed by atoms with E-state index in [1.165, 1.54) is 14.7 Å². The van der Waals surface area contributed by atoms with Crippen LogP contribution in [0.5, 0.6) is 0 Å². The summed E-state index contributed by atoms with van der Waals surface area (Å²) in [5.74, 6) is 0. The minimum atomic E-state index is 0.322. The standard InChI is InChI=1S/C15H17IN2/c1-11(13-3-5-15(16)6-4-13)18-12(2)14-7-9-17-10-8-14/h3-12,18H,1-2H3/t11?,12-/m0/s1. The SMILES string of the molecule is CC(N[C@@H](C)c1ccncc1)c1ccc(I)cc1. The summed E-state index contributed by atoms with van der Waals surface area (Å²) in [7, 11) is 0. The van der Waals surface area contributed by atoms with Gasteiger partial charge in [0.2, 0.25) is 0 Å². The Kier molecular flexibility index (Phi) is 4.72. The van der Waals surface area contributed by atoms with E-state index in [9.17, 15) is 0 Å². The van der Waals surface area contributed by atoms with E-state index in [0.29, 0.717) is 12.1 Å². The number of halogens is 1. The Labute approximate surface area is 122 Å². The first-order valence-corrected chi connectivity index (χ1v) is 7.16. The molecule has 0 aliphatic heterocycles. The molecule has 3 heteroatoms. The molecular weight excluding hydrogens is 335 g/mol. The molecule has 0 amide bonds. The number of rotatable bonds is 4. The Morgan fingerprint density at radius 2 is 1.39 bits per heavy atom. The highest BCUT2D eigenvalue weighted by atomic mass is 127. The molecule has 1 aromatic heterocycles. The average molecular weight is 352 g/mol. The minimum absolute atomic E-state index is 0.322. The molecule has 2 rings (SSSR count). The van der Waals surface area contributed by atoms with Gasteiger partial charge in [0.05, 0.1) is 0 Å². The van der Waals surface area contributed by atoms with Gasteiger partial charge in [-0.25, -0.2) is 0 Å². The first-order chi connectivity index (χ1) is 8.66. The third-order valence-corrected chi connectivity index (χ3v) is 3.80. The second-order valence-corrected chi connectivity index (χ2v) is 5.69. The highest BCUT2D eigenvalue weighted by Gasteiger charge is 2.10. The van der Waals surface area contributed by atoms with Crippen molar-refractivity contribution in [2.45, 2.75) is 25.9 Å². The highest BCUT2D eigenvalue weighted by Crippen LogP contribution is 2.19. The van der Waals surface area contributed by atoms with Crippen LogP contribution < -0.4 is 5.32 Å². The number of pyridine rings is 1. The molecule has 2 aromatic rings. The maximum atomic E-state index is 4.05. The van der Waals surface area contributed by atoms with Crippen molar-refractivity contribution in [1.82, 2.24) is 10.3 Å². The third-order valence-electron chi connectivity index (χ3n) is 3.08. The van der Waals surface area contributed by atoms with Gasteiger partial charge < -0.3 is 5.32 Å². The van der Waals surface area contributed by atoms with Crippen molar-refractivity contribution in [3.63, 3.8) is 0 Å². The van der Waals surface area contributed by atoms with Gasteiger partial charge in [0.25, 0.3) is 0 Å². The second-order valence-electron chi connectivity index (χ2n) is 4.44. The van der Waals surface area contributed by atoms with Gasteiger partial charge >= 0.3 is 0 Å². The molecule has 18 heavy (non-hydrogen) atoms. The van der Waals surface area contributed by atoms with Crippen LogP contribution >= 0.6 is 22.6 Å². The van der Waals surface area contributed by atoms with Gasteiger partial charge in [-0.05, 0) is 71.8 Å². The van der Waals surface area contributed by atoms with Crippen LogP contribution in [0.15, 0.2) is 48.8 Å². The fourth-order valence-corrected chi connectivity index (χ4v) is 2.33. The maximum Gasteiger partial charge on any atom is 0.0298 e. The summed E-state index contributed by atoms with van der Waals surface area (Å²) in [5.41, 5.74) is 2.58. The van der Waals surface area contributed by atoms with E-state index >= 15 is 0 Å². The van der Waals surface area contributed by atoms with E-state index in [0.717, 1.165) is 0 Å². The van der Waals surface area contributed by atoms with Gasteiger partial charge in [0.15, 0.2) is 0 Å². The van der Waals surface area contributed by atoms with Crippen LogP contribution in [0.2, 0.25) is 0 Å². The van der Waals surface area contributed by atoms with E-state index in [2.05, 4.69) is 83.1 Å². The predicted molar refractivity (Wildman–Crippen MR) is 83.4 cm³/mol. The zero-order chi connectivity index (χ0) is 13.0. The van der Waals surface area contributed by atoms with E-state index in [1.807, 2.05) is 12.4 Å². The molecule has 0 radical (unpaired) electrons. The van der Waals surface area contributed by atoms with E-state index in [-0.39, 0.29) is 0 Å². The van der Waals surface area contributed by atoms with Gasteiger partial charge in [0, 0.05) is 28.0 Å². The Hall–Kier alpha value is -0.940. The van der Waals surface area contributed by atoms with Crippen molar-refractivity contribution >= 4 is 22.6 Å². The van der Waals surface area contributed by atoms with E-state index < -0.39 is 0 Å². The lowest BCUT2D eigenvalue weighted by molar-refractivity contribution is 0.494. The van der Waals surface area contributed by atoms with Crippen LogP contribution in [0.4, 0.5) is 0 Å². The van der Waals surface area contributed by atoms with Gasteiger partial charge in [-0.3, -0.25) is 4.98 Å². The number of hydrogen-bond acceptors (Lipinski definition) is 2. The molecule has 94 valence electrons. The summed E-state index contributed by atoms with van der Waals surface area (Å²) in [6.45, 7) is 4.37. The predicted octanol–water partition coefficient (Wildman–Crippen LogP) is 4.10. The summed E-state index contributed by atoms with van der Waals surface area (Å²) in [4.78, 5) is 4.05. The fourth-order valence-electron chi connectivity index (χ4n) is 1.97. The fraction of sp³-hybridized carbons (Fsp3) is 0.267. The second kappa shape index (κ2) is 6.29. The van der Waals surface area contributed by atoms with Crippen molar-refractivity contribution in [1.29, 1.82) is 0 Å². The molecule has 1 aromatic carbocycles. The summed E-state index contributed by atoms with van der Waals surface area (Å²) < 4.78 is 1.27. The molecule has 1 heterocycles. The van der Waals surface area contributed by atoms with Crippen LogP contribution in [-0.4, -0.2) is 4.98 Å². The molecule has 1 unspecified atom stereocenters. The Bertz CT molecular complexity index is 482. The normalized spacial score (nSPS) is 14.2. The first-order valence-electron chi connectivity index (χ1n) is 6.08. The lowest BCUT2D eigenvalue weighted by atomic mass is 10.1. The van der Waals surface area contributed by atoms with Crippen LogP contribution in [0, 0.1) is 3.57 Å². The molecule has 0 aliphatic carbocycles. The summed E-state index contributed by atoms with van der Waals surface area (Å²) in [6, 6.07) is 13.4. The molecule has 0 fully saturated rings. The Morgan fingerprint density at radius 3 is 1.94 bits per heavy atom. The van der Waals surface area contributed by atoms with Crippen LogP contribution in [0.25, 0.3) is 0 Å². The van der Waals surface area contributed by atoms with E-state index in [4.69, 9.17) is 0 Å². The Morgan fingerprint density at radius 1 is 0.889 bits per heavy atom. The topological polar surface area (TPSA) is 24.9 Å². The smallest absolute Gasteiger partial charge is 0.0298 e. The van der Waals surface area contributed by atoms with Gasteiger partial charge in [-0.2, -0.15) is 0 Å². The molecule has 0 aliphatic rings.